The van der Waals surface area contributed by atoms with Gasteiger partial charge in [-0.05, 0) is 48.5 Å². The van der Waals surface area contributed by atoms with Gasteiger partial charge in [0.15, 0.2) is 5.82 Å². The Morgan fingerprint density at radius 1 is 0.862 bits per heavy atom. The van der Waals surface area contributed by atoms with Gasteiger partial charge in [-0.1, -0.05) is 0 Å². The Labute approximate surface area is 165 Å². The van der Waals surface area contributed by atoms with Crippen LogP contribution in [0, 0.1) is 5.82 Å². The second-order valence-corrected chi connectivity index (χ2v) is 6.05. The van der Waals surface area contributed by atoms with Gasteiger partial charge >= 0.3 is 6.03 Å². The van der Waals surface area contributed by atoms with Crippen LogP contribution in [0.25, 0.3) is 22.5 Å². The van der Waals surface area contributed by atoms with E-state index in [-0.39, 0.29) is 5.82 Å². The quantitative estimate of drug-likeness (QED) is 0.572. The van der Waals surface area contributed by atoms with E-state index in [1.807, 2.05) is 18.2 Å². The second kappa shape index (κ2) is 7.81. The number of nitrogens with zero attached hydrogens (tertiary/aromatic N) is 5. The van der Waals surface area contributed by atoms with Crippen LogP contribution in [0.2, 0.25) is 0 Å². The zero-order chi connectivity index (χ0) is 20.2. The lowest BCUT2D eigenvalue weighted by molar-refractivity contribution is 0.256. The zero-order valence-corrected chi connectivity index (χ0v) is 15.1. The molecular weight excluding hydrogens is 371 g/mol. The number of primary amides is 1. The molecule has 4 rings (SSSR count). The van der Waals surface area contributed by atoms with Crippen molar-refractivity contribution in [3.05, 3.63) is 85.3 Å². The molecule has 0 saturated carbocycles. The lowest BCUT2D eigenvalue weighted by Crippen LogP contribution is -2.32. The second-order valence-electron chi connectivity index (χ2n) is 6.05. The summed E-state index contributed by atoms with van der Waals surface area (Å²) in [5, 5.41) is 0. The Kier molecular flexibility index (Phi) is 4.90. The van der Waals surface area contributed by atoms with Gasteiger partial charge in [0.25, 0.3) is 0 Å². The fourth-order valence-electron chi connectivity index (χ4n) is 2.88. The first-order chi connectivity index (χ1) is 14.1. The number of carbonyl (C=O) groups is 1. The van der Waals surface area contributed by atoms with Gasteiger partial charge in [0.1, 0.15) is 11.5 Å². The van der Waals surface area contributed by atoms with Crippen LogP contribution >= 0.6 is 0 Å². The smallest absolute Gasteiger partial charge is 0.325 e. The van der Waals surface area contributed by atoms with Gasteiger partial charge < -0.3 is 5.73 Å². The van der Waals surface area contributed by atoms with Crippen LogP contribution in [0.5, 0.6) is 0 Å². The number of aromatic nitrogens is 4. The van der Waals surface area contributed by atoms with Crippen LogP contribution in [0.3, 0.4) is 0 Å². The van der Waals surface area contributed by atoms with Crippen LogP contribution in [-0.2, 0) is 0 Å². The highest BCUT2D eigenvalue weighted by atomic mass is 19.1. The first-order valence-corrected chi connectivity index (χ1v) is 8.66. The molecule has 0 aliphatic carbocycles. The number of urea groups is 1. The molecular formula is C21H15FN6O. The van der Waals surface area contributed by atoms with Crippen molar-refractivity contribution < 1.29 is 9.18 Å². The Bertz CT molecular complexity index is 1140. The Balaban J connectivity index is 1.89. The van der Waals surface area contributed by atoms with Gasteiger partial charge in [-0.2, -0.15) is 0 Å². The number of nitrogens with two attached hydrogens (primary N) is 1. The molecule has 0 unspecified atom stereocenters. The molecule has 142 valence electrons. The molecule has 0 atom stereocenters. The normalized spacial score (nSPS) is 10.5. The minimum Gasteiger partial charge on any atom is -0.351 e. The van der Waals surface area contributed by atoms with Crippen LogP contribution in [0.1, 0.15) is 0 Å². The molecule has 2 amide bonds. The van der Waals surface area contributed by atoms with Gasteiger partial charge in [0, 0.05) is 35.9 Å². The van der Waals surface area contributed by atoms with E-state index in [4.69, 9.17) is 5.73 Å². The summed E-state index contributed by atoms with van der Waals surface area (Å²) in [5.41, 5.74) is 8.62. The fourth-order valence-corrected chi connectivity index (χ4v) is 2.88. The average Bonchev–Trinajstić information content (AvgIpc) is 2.76. The molecule has 0 bridgehead atoms. The summed E-state index contributed by atoms with van der Waals surface area (Å²) in [4.78, 5) is 30.7. The third kappa shape index (κ3) is 3.77. The molecule has 0 saturated heterocycles. The van der Waals surface area contributed by atoms with Crippen molar-refractivity contribution >= 4 is 17.5 Å². The minimum absolute atomic E-state index is 0.209. The van der Waals surface area contributed by atoms with Crippen molar-refractivity contribution in [1.82, 2.24) is 19.9 Å². The molecule has 3 aromatic heterocycles. The van der Waals surface area contributed by atoms with Crippen molar-refractivity contribution in [2.45, 2.75) is 0 Å². The predicted molar refractivity (Wildman–Crippen MR) is 107 cm³/mol. The van der Waals surface area contributed by atoms with Gasteiger partial charge in [-0.3, -0.25) is 15.0 Å². The van der Waals surface area contributed by atoms with Crippen LogP contribution < -0.4 is 10.6 Å². The van der Waals surface area contributed by atoms with Crippen LogP contribution in [0.4, 0.5) is 20.7 Å². The number of hydrogen-bond acceptors (Lipinski definition) is 5. The number of rotatable bonds is 4. The van der Waals surface area contributed by atoms with E-state index in [1.54, 1.807) is 30.9 Å². The van der Waals surface area contributed by atoms with Gasteiger partial charge in [-0.25, -0.2) is 19.1 Å². The maximum absolute atomic E-state index is 13.3. The molecule has 0 aliphatic heterocycles. The fraction of sp³-hybridized carbons (Fsp3) is 0. The molecule has 7 nitrogen and oxygen atoms in total. The summed E-state index contributed by atoms with van der Waals surface area (Å²) >= 11 is 0. The SMILES string of the molecule is NC(=O)N(c1ccc(F)cc1)c1cnc(-c2ccncc2)c(-c2cccnc2)n1. The predicted octanol–water partition coefficient (Wildman–Crippen LogP) is 3.96. The number of amides is 2. The number of benzene rings is 1. The van der Waals surface area contributed by atoms with Crippen molar-refractivity contribution in [3.63, 3.8) is 0 Å². The van der Waals surface area contributed by atoms with E-state index in [2.05, 4.69) is 19.9 Å². The van der Waals surface area contributed by atoms with Crippen LogP contribution in [-0.4, -0.2) is 26.0 Å². The van der Waals surface area contributed by atoms with E-state index in [0.29, 0.717) is 17.1 Å². The van der Waals surface area contributed by atoms with E-state index < -0.39 is 11.8 Å². The lowest BCUT2D eigenvalue weighted by Gasteiger charge is -2.20. The van der Waals surface area contributed by atoms with E-state index in [9.17, 15) is 9.18 Å². The summed E-state index contributed by atoms with van der Waals surface area (Å²) in [6, 6.07) is 11.9. The van der Waals surface area contributed by atoms with E-state index in [1.165, 1.54) is 35.4 Å². The highest BCUT2D eigenvalue weighted by Crippen LogP contribution is 2.32. The molecule has 8 heteroatoms. The molecule has 29 heavy (non-hydrogen) atoms. The zero-order valence-electron chi connectivity index (χ0n) is 15.1. The number of hydrogen-bond donors (Lipinski definition) is 1. The maximum Gasteiger partial charge on any atom is 0.325 e. The highest BCUT2D eigenvalue weighted by Gasteiger charge is 2.20. The molecule has 0 fully saturated rings. The average molecular weight is 386 g/mol. The van der Waals surface area contributed by atoms with Gasteiger partial charge in [-0.15, -0.1) is 0 Å². The number of anilines is 2. The van der Waals surface area contributed by atoms with Gasteiger partial charge in [0.2, 0.25) is 0 Å². The summed E-state index contributed by atoms with van der Waals surface area (Å²) < 4.78 is 13.3. The van der Waals surface area contributed by atoms with Crippen LogP contribution in [0.15, 0.2) is 79.5 Å². The van der Waals surface area contributed by atoms with Crippen molar-refractivity contribution in [2.75, 3.05) is 4.90 Å². The molecule has 3 heterocycles. The first-order valence-electron chi connectivity index (χ1n) is 8.66. The van der Waals surface area contributed by atoms with Crippen molar-refractivity contribution in [1.29, 1.82) is 0 Å². The highest BCUT2D eigenvalue weighted by molar-refractivity contribution is 5.97. The largest absolute Gasteiger partial charge is 0.351 e. The van der Waals surface area contributed by atoms with Crippen molar-refractivity contribution in [3.8, 4) is 22.5 Å². The molecule has 0 radical (unpaired) electrons. The first kappa shape index (κ1) is 18.2. The number of carbonyl (C=O) groups excluding carboxylic acids is 1. The summed E-state index contributed by atoms with van der Waals surface area (Å²) in [5.74, 6) is -0.214. The van der Waals surface area contributed by atoms with Gasteiger partial charge in [0.05, 0.1) is 17.6 Å². The lowest BCUT2D eigenvalue weighted by atomic mass is 10.1. The Hall–Kier alpha value is -4.20. The summed E-state index contributed by atoms with van der Waals surface area (Å²) in [6.45, 7) is 0. The molecule has 0 aliphatic rings. The standard InChI is InChI=1S/C21H15FN6O/c22-16-3-5-17(6-4-16)28(21(23)29)18-13-26-19(14-7-10-24-11-8-14)20(27-18)15-2-1-9-25-12-15/h1-13H,(H2,23,29). The Morgan fingerprint density at radius 2 is 1.62 bits per heavy atom. The third-order valence-corrected chi connectivity index (χ3v) is 4.18. The molecule has 2 N–H and O–H groups in total. The molecule has 4 aromatic rings. The van der Waals surface area contributed by atoms with E-state index >= 15 is 0 Å². The summed E-state index contributed by atoms with van der Waals surface area (Å²) in [7, 11) is 0. The number of halogens is 1. The molecule has 1 aromatic carbocycles. The van der Waals surface area contributed by atoms with E-state index in [0.717, 1.165) is 11.1 Å². The Morgan fingerprint density at radius 3 is 2.28 bits per heavy atom. The maximum atomic E-state index is 13.3. The topological polar surface area (TPSA) is 97.9 Å². The van der Waals surface area contributed by atoms with Crippen molar-refractivity contribution in [2.24, 2.45) is 5.73 Å². The summed E-state index contributed by atoms with van der Waals surface area (Å²) in [6.07, 6.45) is 8.08. The monoisotopic (exact) mass is 386 g/mol. The molecule has 0 spiro atoms. The number of pyridine rings is 2. The third-order valence-electron chi connectivity index (χ3n) is 4.18. The minimum atomic E-state index is -0.764.